The number of rotatable bonds is 3. The van der Waals surface area contributed by atoms with Crippen LogP contribution in [0.2, 0.25) is 0 Å². The standard InChI is InChI=1S/C15H22N6/c1-11(2)21-10-18-19-15(21)13-5-4-6-20(8-13)14-7-12(3)16-9-17-14/h7,9-11,13H,4-6,8H2,1-3H3. The van der Waals surface area contributed by atoms with Crippen LogP contribution in [0.1, 0.15) is 50.2 Å². The summed E-state index contributed by atoms with van der Waals surface area (Å²) in [7, 11) is 0. The summed E-state index contributed by atoms with van der Waals surface area (Å²) in [4.78, 5) is 10.9. The highest BCUT2D eigenvalue weighted by molar-refractivity contribution is 5.39. The monoisotopic (exact) mass is 286 g/mol. The van der Waals surface area contributed by atoms with Crippen LogP contribution in [-0.4, -0.2) is 37.8 Å². The van der Waals surface area contributed by atoms with E-state index < -0.39 is 0 Å². The Labute approximate surface area is 125 Å². The minimum atomic E-state index is 0.395. The minimum Gasteiger partial charge on any atom is -0.356 e. The molecule has 1 aliphatic rings. The van der Waals surface area contributed by atoms with E-state index in [-0.39, 0.29) is 0 Å². The summed E-state index contributed by atoms with van der Waals surface area (Å²) in [6, 6.07) is 2.45. The van der Waals surface area contributed by atoms with Crippen LogP contribution >= 0.6 is 0 Å². The molecule has 1 unspecified atom stereocenters. The molecule has 112 valence electrons. The highest BCUT2D eigenvalue weighted by atomic mass is 15.3. The second-order valence-corrected chi connectivity index (χ2v) is 5.99. The second kappa shape index (κ2) is 5.79. The van der Waals surface area contributed by atoms with Crippen molar-refractivity contribution in [1.29, 1.82) is 0 Å². The van der Waals surface area contributed by atoms with E-state index >= 15 is 0 Å². The molecule has 21 heavy (non-hydrogen) atoms. The maximum atomic E-state index is 4.41. The zero-order valence-corrected chi connectivity index (χ0v) is 12.9. The van der Waals surface area contributed by atoms with Crippen molar-refractivity contribution in [3.8, 4) is 0 Å². The lowest BCUT2D eigenvalue weighted by Crippen LogP contribution is -2.36. The first kappa shape index (κ1) is 14.0. The molecule has 1 atom stereocenters. The predicted octanol–water partition coefficient (Wildman–Crippen LogP) is 2.34. The van der Waals surface area contributed by atoms with E-state index in [9.17, 15) is 0 Å². The molecule has 1 saturated heterocycles. The van der Waals surface area contributed by atoms with E-state index in [2.05, 4.69) is 49.5 Å². The number of aryl methyl sites for hydroxylation is 1. The van der Waals surface area contributed by atoms with Gasteiger partial charge in [0.1, 0.15) is 24.3 Å². The molecular weight excluding hydrogens is 264 g/mol. The molecule has 0 aliphatic carbocycles. The van der Waals surface area contributed by atoms with Crippen molar-refractivity contribution in [2.24, 2.45) is 0 Å². The van der Waals surface area contributed by atoms with E-state index in [1.165, 1.54) is 0 Å². The van der Waals surface area contributed by atoms with Gasteiger partial charge in [-0.2, -0.15) is 0 Å². The highest BCUT2D eigenvalue weighted by Crippen LogP contribution is 2.29. The van der Waals surface area contributed by atoms with Crippen molar-refractivity contribution in [2.45, 2.75) is 45.6 Å². The molecule has 0 spiro atoms. The SMILES string of the molecule is Cc1cc(N2CCCC(c3nncn3C(C)C)C2)ncn1. The van der Waals surface area contributed by atoms with Crippen LogP contribution in [0.25, 0.3) is 0 Å². The van der Waals surface area contributed by atoms with Crippen molar-refractivity contribution in [3.63, 3.8) is 0 Å². The molecule has 0 amide bonds. The summed E-state index contributed by atoms with van der Waals surface area (Å²) in [6.07, 6.45) is 5.79. The van der Waals surface area contributed by atoms with Gasteiger partial charge >= 0.3 is 0 Å². The maximum absolute atomic E-state index is 4.41. The van der Waals surface area contributed by atoms with Gasteiger partial charge in [0.05, 0.1) is 0 Å². The number of hydrogen-bond donors (Lipinski definition) is 0. The molecule has 0 N–H and O–H groups in total. The minimum absolute atomic E-state index is 0.395. The van der Waals surface area contributed by atoms with Gasteiger partial charge in [-0.1, -0.05) is 0 Å². The molecule has 6 heteroatoms. The summed E-state index contributed by atoms with van der Waals surface area (Å²) in [5.41, 5.74) is 1.01. The Bertz CT molecular complexity index is 606. The molecule has 6 nitrogen and oxygen atoms in total. The van der Waals surface area contributed by atoms with Crippen LogP contribution in [-0.2, 0) is 0 Å². The molecule has 3 heterocycles. The first-order chi connectivity index (χ1) is 10.1. The van der Waals surface area contributed by atoms with Gasteiger partial charge in [-0.15, -0.1) is 10.2 Å². The fraction of sp³-hybridized carbons (Fsp3) is 0.600. The Morgan fingerprint density at radius 1 is 1.29 bits per heavy atom. The van der Waals surface area contributed by atoms with Gasteiger partial charge in [-0.25, -0.2) is 9.97 Å². The Balaban J connectivity index is 1.81. The quantitative estimate of drug-likeness (QED) is 0.866. The van der Waals surface area contributed by atoms with Crippen LogP contribution in [0.3, 0.4) is 0 Å². The fourth-order valence-electron chi connectivity index (χ4n) is 2.95. The van der Waals surface area contributed by atoms with Gasteiger partial charge in [0.2, 0.25) is 0 Å². The Morgan fingerprint density at radius 2 is 2.14 bits per heavy atom. The number of anilines is 1. The Kier molecular flexibility index (Phi) is 3.86. The lowest BCUT2D eigenvalue weighted by molar-refractivity contribution is 0.453. The van der Waals surface area contributed by atoms with Crippen molar-refractivity contribution < 1.29 is 0 Å². The summed E-state index contributed by atoms with van der Waals surface area (Å²) in [6.45, 7) is 8.33. The van der Waals surface area contributed by atoms with Crippen molar-refractivity contribution in [2.75, 3.05) is 18.0 Å². The molecule has 1 fully saturated rings. The number of piperidine rings is 1. The fourth-order valence-corrected chi connectivity index (χ4v) is 2.95. The molecule has 0 bridgehead atoms. The van der Waals surface area contributed by atoms with Crippen LogP contribution in [0.4, 0.5) is 5.82 Å². The maximum Gasteiger partial charge on any atom is 0.137 e. The van der Waals surface area contributed by atoms with E-state index in [1.807, 2.05) is 13.3 Å². The molecule has 0 saturated carbocycles. The average Bonchev–Trinajstić information content (AvgIpc) is 2.97. The summed E-state index contributed by atoms with van der Waals surface area (Å²) < 4.78 is 2.18. The molecule has 0 aromatic carbocycles. The third-order valence-corrected chi connectivity index (χ3v) is 4.06. The summed E-state index contributed by atoms with van der Waals surface area (Å²) in [5, 5.41) is 8.46. The van der Waals surface area contributed by atoms with Gasteiger partial charge in [0.15, 0.2) is 0 Å². The van der Waals surface area contributed by atoms with E-state index in [1.54, 1.807) is 6.33 Å². The zero-order valence-electron chi connectivity index (χ0n) is 12.9. The summed E-state index contributed by atoms with van der Waals surface area (Å²) >= 11 is 0. The van der Waals surface area contributed by atoms with Gasteiger partial charge < -0.3 is 9.47 Å². The van der Waals surface area contributed by atoms with Crippen molar-refractivity contribution in [3.05, 3.63) is 30.2 Å². The Morgan fingerprint density at radius 3 is 2.90 bits per heavy atom. The second-order valence-electron chi connectivity index (χ2n) is 5.99. The summed E-state index contributed by atoms with van der Waals surface area (Å²) in [5.74, 6) is 2.53. The van der Waals surface area contributed by atoms with Crippen molar-refractivity contribution >= 4 is 5.82 Å². The topological polar surface area (TPSA) is 59.7 Å². The van der Waals surface area contributed by atoms with E-state index in [0.717, 1.165) is 43.3 Å². The molecule has 1 aliphatic heterocycles. The number of hydrogen-bond acceptors (Lipinski definition) is 5. The largest absolute Gasteiger partial charge is 0.356 e. The molecular formula is C15H22N6. The molecule has 2 aromatic heterocycles. The van der Waals surface area contributed by atoms with Crippen LogP contribution < -0.4 is 4.90 Å². The smallest absolute Gasteiger partial charge is 0.137 e. The first-order valence-electron chi connectivity index (χ1n) is 7.58. The lowest BCUT2D eigenvalue weighted by Gasteiger charge is -2.33. The average molecular weight is 286 g/mol. The van der Waals surface area contributed by atoms with Gasteiger partial charge in [0, 0.05) is 36.8 Å². The number of nitrogens with zero attached hydrogens (tertiary/aromatic N) is 6. The van der Waals surface area contributed by atoms with Crippen LogP contribution in [0.15, 0.2) is 18.7 Å². The van der Waals surface area contributed by atoms with Crippen molar-refractivity contribution in [1.82, 2.24) is 24.7 Å². The third kappa shape index (κ3) is 2.89. The number of aromatic nitrogens is 5. The molecule has 3 rings (SSSR count). The zero-order chi connectivity index (χ0) is 14.8. The normalized spacial score (nSPS) is 19.2. The lowest BCUT2D eigenvalue weighted by atomic mass is 9.97. The van der Waals surface area contributed by atoms with Gasteiger partial charge in [0.25, 0.3) is 0 Å². The first-order valence-corrected chi connectivity index (χ1v) is 7.58. The Hall–Kier alpha value is -1.98. The molecule has 0 radical (unpaired) electrons. The van der Waals surface area contributed by atoms with E-state index in [4.69, 9.17) is 0 Å². The van der Waals surface area contributed by atoms with Gasteiger partial charge in [-0.05, 0) is 33.6 Å². The van der Waals surface area contributed by atoms with Crippen LogP contribution in [0, 0.1) is 6.92 Å². The highest BCUT2D eigenvalue weighted by Gasteiger charge is 2.26. The van der Waals surface area contributed by atoms with E-state index in [0.29, 0.717) is 12.0 Å². The predicted molar refractivity (Wildman–Crippen MR) is 81.4 cm³/mol. The molecule has 2 aromatic rings. The third-order valence-electron chi connectivity index (χ3n) is 4.06. The van der Waals surface area contributed by atoms with Gasteiger partial charge in [-0.3, -0.25) is 0 Å². The van der Waals surface area contributed by atoms with Crippen LogP contribution in [0.5, 0.6) is 0 Å².